The maximum atomic E-state index is 5.33. The lowest BCUT2D eigenvalue weighted by Gasteiger charge is -2.28. The number of rotatable bonds is 6. The molecule has 4 rings (SSSR count). The first kappa shape index (κ1) is 19.1. The maximum absolute atomic E-state index is 5.33. The number of benzene rings is 3. The molecule has 3 aromatic carbocycles. The Morgan fingerprint density at radius 1 is 0.793 bits per heavy atom. The number of methoxy groups -OCH3 is 2. The highest BCUT2D eigenvalue weighted by Crippen LogP contribution is 2.42. The zero-order valence-corrected chi connectivity index (χ0v) is 17.1. The van der Waals surface area contributed by atoms with Gasteiger partial charge in [0.25, 0.3) is 0 Å². The summed E-state index contributed by atoms with van der Waals surface area (Å²) in [4.78, 5) is 0. The normalized spacial score (nSPS) is 18.4. The Kier molecular flexibility index (Phi) is 5.52. The smallest absolute Gasteiger partial charge is 0.119 e. The van der Waals surface area contributed by atoms with Crippen LogP contribution in [0.25, 0.3) is 0 Å². The van der Waals surface area contributed by atoms with Crippen molar-refractivity contribution in [2.24, 2.45) is 11.0 Å². The van der Waals surface area contributed by atoms with E-state index in [1.165, 1.54) is 5.56 Å². The average molecular weight is 386 g/mol. The second kappa shape index (κ2) is 8.39. The predicted molar refractivity (Wildman–Crippen MR) is 118 cm³/mol. The van der Waals surface area contributed by atoms with Crippen molar-refractivity contribution in [3.63, 3.8) is 0 Å². The van der Waals surface area contributed by atoms with Gasteiger partial charge in [-0.1, -0.05) is 37.3 Å². The first-order chi connectivity index (χ1) is 14.2. The van der Waals surface area contributed by atoms with E-state index in [1.54, 1.807) is 14.2 Å². The Hall–Kier alpha value is -3.27. The van der Waals surface area contributed by atoms with E-state index in [2.05, 4.69) is 66.5 Å². The number of hydrogen-bond acceptors (Lipinski definition) is 4. The molecule has 0 fully saturated rings. The number of ether oxygens (including phenoxy) is 2. The molecular weight excluding hydrogens is 360 g/mol. The van der Waals surface area contributed by atoms with Crippen LogP contribution in [0.1, 0.15) is 30.5 Å². The fourth-order valence-corrected chi connectivity index (χ4v) is 4.00. The van der Waals surface area contributed by atoms with Crippen molar-refractivity contribution in [3.05, 3.63) is 90.0 Å². The molecule has 1 heterocycles. The zero-order chi connectivity index (χ0) is 20.2. The molecule has 0 unspecified atom stereocenters. The second-order valence-electron chi connectivity index (χ2n) is 7.13. The summed E-state index contributed by atoms with van der Waals surface area (Å²) in [6, 6.07) is 27.1. The topological polar surface area (TPSA) is 34.1 Å². The third-order valence-electron chi connectivity index (χ3n) is 5.51. The van der Waals surface area contributed by atoms with E-state index in [1.807, 2.05) is 24.3 Å². The molecule has 1 aliphatic heterocycles. The Labute approximate surface area is 172 Å². The van der Waals surface area contributed by atoms with E-state index in [4.69, 9.17) is 14.6 Å². The van der Waals surface area contributed by atoms with Gasteiger partial charge in [0.2, 0.25) is 0 Å². The highest BCUT2D eigenvalue weighted by molar-refractivity contribution is 6.05. The van der Waals surface area contributed by atoms with E-state index in [0.717, 1.165) is 34.9 Å². The maximum Gasteiger partial charge on any atom is 0.119 e. The predicted octanol–water partition coefficient (Wildman–Crippen LogP) is 5.70. The van der Waals surface area contributed by atoms with E-state index < -0.39 is 0 Å². The van der Waals surface area contributed by atoms with Gasteiger partial charge in [0.15, 0.2) is 0 Å². The molecule has 3 aromatic rings. The van der Waals surface area contributed by atoms with Crippen LogP contribution in [-0.4, -0.2) is 19.9 Å². The fourth-order valence-electron chi connectivity index (χ4n) is 4.00. The first-order valence-electron chi connectivity index (χ1n) is 9.96. The molecular formula is C25H26N2O2. The minimum absolute atomic E-state index is 0.145. The summed E-state index contributed by atoms with van der Waals surface area (Å²) in [7, 11) is 3.37. The number of hydrazone groups is 1. The monoisotopic (exact) mass is 386 g/mol. The van der Waals surface area contributed by atoms with Crippen molar-refractivity contribution >= 4 is 11.4 Å². The van der Waals surface area contributed by atoms with Crippen LogP contribution >= 0.6 is 0 Å². The van der Waals surface area contributed by atoms with Crippen molar-refractivity contribution in [2.75, 3.05) is 19.2 Å². The molecule has 0 N–H and O–H groups in total. The van der Waals surface area contributed by atoms with E-state index in [9.17, 15) is 0 Å². The number of hydrogen-bond donors (Lipinski definition) is 0. The summed E-state index contributed by atoms with van der Waals surface area (Å²) < 4.78 is 10.7. The van der Waals surface area contributed by atoms with Gasteiger partial charge < -0.3 is 9.47 Å². The molecule has 0 aromatic heterocycles. The molecule has 0 saturated carbocycles. The minimum atomic E-state index is 0.145. The molecule has 148 valence electrons. The van der Waals surface area contributed by atoms with Gasteiger partial charge in [0, 0.05) is 5.92 Å². The van der Waals surface area contributed by atoms with Gasteiger partial charge in [-0.3, -0.25) is 5.01 Å². The van der Waals surface area contributed by atoms with Crippen molar-refractivity contribution in [1.82, 2.24) is 0 Å². The first-order valence-corrected chi connectivity index (χ1v) is 9.96. The molecule has 0 saturated heterocycles. The fraction of sp³-hybridized carbons (Fsp3) is 0.240. The van der Waals surface area contributed by atoms with Crippen molar-refractivity contribution < 1.29 is 9.47 Å². The Morgan fingerprint density at radius 2 is 1.38 bits per heavy atom. The van der Waals surface area contributed by atoms with Crippen LogP contribution in [0.5, 0.6) is 11.5 Å². The zero-order valence-electron chi connectivity index (χ0n) is 17.1. The SMILES string of the molecule is CC[C@H]1C(c2ccc(OC)cc2)=NN(c2ccc(OC)cc2)[C@@H]1c1ccccc1. The Bertz CT molecular complexity index is 966. The average Bonchev–Trinajstić information content (AvgIpc) is 3.19. The van der Waals surface area contributed by atoms with Gasteiger partial charge in [0.1, 0.15) is 11.5 Å². The quantitative estimate of drug-likeness (QED) is 0.545. The summed E-state index contributed by atoms with van der Waals surface area (Å²) in [5, 5.41) is 7.27. The van der Waals surface area contributed by atoms with Gasteiger partial charge >= 0.3 is 0 Å². The molecule has 0 bridgehead atoms. The van der Waals surface area contributed by atoms with Crippen LogP contribution in [-0.2, 0) is 0 Å². The van der Waals surface area contributed by atoms with Crippen molar-refractivity contribution in [2.45, 2.75) is 19.4 Å². The van der Waals surface area contributed by atoms with Gasteiger partial charge in [-0.25, -0.2) is 0 Å². The van der Waals surface area contributed by atoms with Gasteiger partial charge in [0.05, 0.1) is 31.7 Å². The van der Waals surface area contributed by atoms with Crippen LogP contribution in [0.2, 0.25) is 0 Å². The summed E-state index contributed by atoms with van der Waals surface area (Å²) in [5.41, 5.74) is 4.57. The van der Waals surface area contributed by atoms with Crippen LogP contribution < -0.4 is 14.5 Å². The molecule has 4 heteroatoms. The molecule has 4 nitrogen and oxygen atoms in total. The summed E-state index contributed by atoms with van der Waals surface area (Å²) in [5.74, 6) is 1.98. The van der Waals surface area contributed by atoms with Gasteiger partial charge in [-0.2, -0.15) is 5.10 Å². The van der Waals surface area contributed by atoms with E-state index in [-0.39, 0.29) is 12.0 Å². The minimum Gasteiger partial charge on any atom is -0.497 e. The van der Waals surface area contributed by atoms with E-state index in [0.29, 0.717) is 0 Å². The summed E-state index contributed by atoms with van der Waals surface area (Å²) in [6.45, 7) is 2.23. The molecule has 0 spiro atoms. The molecule has 0 aliphatic carbocycles. The molecule has 2 atom stereocenters. The van der Waals surface area contributed by atoms with Crippen LogP contribution in [0.4, 0.5) is 5.69 Å². The lowest BCUT2D eigenvalue weighted by molar-refractivity contribution is 0.414. The molecule has 29 heavy (non-hydrogen) atoms. The largest absolute Gasteiger partial charge is 0.497 e. The second-order valence-corrected chi connectivity index (χ2v) is 7.13. The van der Waals surface area contributed by atoms with Crippen LogP contribution in [0.3, 0.4) is 0 Å². The van der Waals surface area contributed by atoms with Gasteiger partial charge in [-0.15, -0.1) is 0 Å². The molecule has 1 aliphatic rings. The third-order valence-corrected chi connectivity index (χ3v) is 5.51. The van der Waals surface area contributed by atoms with Crippen molar-refractivity contribution in [1.29, 1.82) is 0 Å². The lowest BCUT2D eigenvalue weighted by atomic mass is 9.85. The molecule has 0 radical (unpaired) electrons. The Morgan fingerprint density at radius 3 is 1.93 bits per heavy atom. The number of anilines is 1. The van der Waals surface area contributed by atoms with Crippen molar-refractivity contribution in [3.8, 4) is 11.5 Å². The van der Waals surface area contributed by atoms with Crippen LogP contribution in [0.15, 0.2) is 84.0 Å². The summed E-state index contributed by atoms with van der Waals surface area (Å²) in [6.07, 6.45) is 0.997. The Balaban J connectivity index is 1.79. The summed E-state index contributed by atoms with van der Waals surface area (Å²) >= 11 is 0. The van der Waals surface area contributed by atoms with Crippen LogP contribution in [0, 0.1) is 5.92 Å². The highest BCUT2D eigenvalue weighted by Gasteiger charge is 2.38. The lowest BCUT2D eigenvalue weighted by Crippen LogP contribution is -2.25. The van der Waals surface area contributed by atoms with Gasteiger partial charge in [-0.05, 0) is 66.1 Å². The highest BCUT2D eigenvalue weighted by atomic mass is 16.5. The molecule has 0 amide bonds. The van der Waals surface area contributed by atoms with E-state index >= 15 is 0 Å². The third kappa shape index (κ3) is 3.70. The number of nitrogens with zero attached hydrogens (tertiary/aromatic N) is 2. The standard InChI is InChI=1S/C25H26N2O2/c1-4-23-24(18-10-14-21(28-2)15-11-18)26-27(20-12-16-22(29-3)17-13-20)25(23)19-8-6-5-7-9-19/h5-17,23,25H,4H2,1-3H3/t23-,25+/m0/s1.